The molecule has 0 fully saturated rings. The zero-order valence-electron chi connectivity index (χ0n) is 9.70. The van der Waals surface area contributed by atoms with E-state index in [0.717, 1.165) is 15.8 Å². The molecular weight excluding hydrogens is 313 g/mol. The Morgan fingerprint density at radius 3 is 2.61 bits per heavy atom. The van der Waals surface area contributed by atoms with Crippen molar-refractivity contribution in [3.05, 3.63) is 58.3 Å². The second kappa shape index (κ2) is 6.36. The Labute approximate surface area is 119 Å². The SMILES string of the molecule is NCCc1ccc(Sc2ccccc2F)cc1Br. The quantitative estimate of drug-likeness (QED) is 0.909. The van der Waals surface area contributed by atoms with Crippen LogP contribution in [0.4, 0.5) is 4.39 Å². The van der Waals surface area contributed by atoms with Gasteiger partial charge >= 0.3 is 0 Å². The van der Waals surface area contributed by atoms with Crippen LogP contribution in [0.2, 0.25) is 0 Å². The van der Waals surface area contributed by atoms with Gasteiger partial charge in [0.15, 0.2) is 0 Å². The number of rotatable bonds is 4. The summed E-state index contributed by atoms with van der Waals surface area (Å²) < 4.78 is 14.5. The number of nitrogens with two attached hydrogens (primary N) is 1. The van der Waals surface area contributed by atoms with Crippen LogP contribution in [-0.4, -0.2) is 6.54 Å². The molecule has 94 valence electrons. The van der Waals surface area contributed by atoms with Crippen LogP contribution in [0.3, 0.4) is 0 Å². The molecule has 2 rings (SSSR count). The lowest BCUT2D eigenvalue weighted by Crippen LogP contribution is -2.03. The smallest absolute Gasteiger partial charge is 0.137 e. The highest BCUT2D eigenvalue weighted by atomic mass is 79.9. The fraction of sp³-hybridized carbons (Fsp3) is 0.143. The molecule has 2 aromatic carbocycles. The Morgan fingerprint density at radius 2 is 1.94 bits per heavy atom. The highest BCUT2D eigenvalue weighted by Crippen LogP contribution is 2.32. The van der Waals surface area contributed by atoms with Crippen molar-refractivity contribution in [2.24, 2.45) is 5.73 Å². The standard InChI is InChI=1S/C14H13BrFNS/c15-12-9-11(6-5-10(12)7-8-17)18-14-4-2-1-3-13(14)16/h1-6,9H,7-8,17H2. The molecule has 0 unspecified atom stereocenters. The second-order valence-corrected chi connectivity index (χ2v) is 5.79. The molecule has 0 radical (unpaired) electrons. The largest absolute Gasteiger partial charge is 0.330 e. The molecule has 0 aromatic heterocycles. The van der Waals surface area contributed by atoms with E-state index in [9.17, 15) is 4.39 Å². The zero-order chi connectivity index (χ0) is 13.0. The van der Waals surface area contributed by atoms with Gasteiger partial charge in [-0.1, -0.05) is 45.9 Å². The van der Waals surface area contributed by atoms with Gasteiger partial charge in [0.25, 0.3) is 0 Å². The summed E-state index contributed by atoms with van der Waals surface area (Å²) >= 11 is 4.94. The lowest BCUT2D eigenvalue weighted by atomic mass is 10.1. The summed E-state index contributed by atoms with van der Waals surface area (Å²) in [5.74, 6) is -0.190. The summed E-state index contributed by atoms with van der Waals surface area (Å²) in [5.41, 5.74) is 6.71. The van der Waals surface area contributed by atoms with Gasteiger partial charge in [-0.15, -0.1) is 0 Å². The minimum Gasteiger partial charge on any atom is -0.330 e. The first-order valence-electron chi connectivity index (χ1n) is 5.61. The lowest BCUT2D eigenvalue weighted by Gasteiger charge is -2.07. The zero-order valence-corrected chi connectivity index (χ0v) is 12.1. The average molecular weight is 326 g/mol. The Hall–Kier alpha value is -0.840. The number of hydrogen-bond donors (Lipinski definition) is 1. The van der Waals surface area contributed by atoms with E-state index in [2.05, 4.69) is 15.9 Å². The molecule has 18 heavy (non-hydrogen) atoms. The van der Waals surface area contributed by atoms with E-state index < -0.39 is 0 Å². The Balaban J connectivity index is 2.20. The maximum absolute atomic E-state index is 13.5. The highest BCUT2D eigenvalue weighted by molar-refractivity contribution is 9.10. The molecule has 0 bridgehead atoms. The maximum Gasteiger partial charge on any atom is 0.137 e. The van der Waals surface area contributed by atoms with Crippen LogP contribution in [0, 0.1) is 5.82 Å². The van der Waals surface area contributed by atoms with E-state index in [1.54, 1.807) is 12.1 Å². The first-order valence-corrected chi connectivity index (χ1v) is 7.22. The molecular formula is C14H13BrFNS. The number of benzene rings is 2. The van der Waals surface area contributed by atoms with E-state index in [1.165, 1.54) is 23.4 Å². The minimum atomic E-state index is -0.190. The molecule has 4 heteroatoms. The maximum atomic E-state index is 13.5. The second-order valence-electron chi connectivity index (χ2n) is 3.82. The van der Waals surface area contributed by atoms with Gasteiger partial charge in [0.2, 0.25) is 0 Å². The summed E-state index contributed by atoms with van der Waals surface area (Å²) in [6.07, 6.45) is 0.839. The third-order valence-electron chi connectivity index (χ3n) is 2.50. The summed E-state index contributed by atoms with van der Waals surface area (Å²) in [7, 11) is 0. The lowest BCUT2D eigenvalue weighted by molar-refractivity contribution is 0.602. The van der Waals surface area contributed by atoms with E-state index in [0.29, 0.717) is 11.4 Å². The van der Waals surface area contributed by atoms with E-state index >= 15 is 0 Å². The van der Waals surface area contributed by atoms with Crippen molar-refractivity contribution < 1.29 is 4.39 Å². The fourth-order valence-corrected chi connectivity index (χ4v) is 3.21. The molecule has 2 aromatic rings. The summed E-state index contributed by atoms with van der Waals surface area (Å²) in [5, 5.41) is 0. The van der Waals surface area contributed by atoms with Crippen LogP contribution in [0.1, 0.15) is 5.56 Å². The van der Waals surface area contributed by atoms with Crippen LogP contribution in [0.25, 0.3) is 0 Å². The first kappa shape index (κ1) is 13.6. The number of hydrogen-bond acceptors (Lipinski definition) is 2. The predicted molar refractivity (Wildman–Crippen MR) is 77.4 cm³/mol. The van der Waals surface area contributed by atoms with Gasteiger partial charge in [-0.3, -0.25) is 0 Å². The molecule has 0 saturated heterocycles. The first-order chi connectivity index (χ1) is 8.70. The van der Waals surface area contributed by atoms with E-state index in [-0.39, 0.29) is 5.82 Å². The van der Waals surface area contributed by atoms with Crippen molar-refractivity contribution in [3.63, 3.8) is 0 Å². The molecule has 0 saturated carbocycles. The third-order valence-corrected chi connectivity index (χ3v) is 4.28. The van der Waals surface area contributed by atoms with Gasteiger partial charge < -0.3 is 5.73 Å². The van der Waals surface area contributed by atoms with Crippen LogP contribution in [0.5, 0.6) is 0 Å². The van der Waals surface area contributed by atoms with Crippen molar-refractivity contribution in [2.75, 3.05) is 6.54 Å². The molecule has 2 N–H and O–H groups in total. The van der Waals surface area contributed by atoms with Crippen LogP contribution >= 0.6 is 27.7 Å². The number of halogens is 2. The fourth-order valence-electron chi connectivity index (χ4n) is 1.60. The van der Waals surface area contributed by atoms with Gasteiger partial charge in [0.1, 0.15) is 5.82 Å². The summed E-state index contributed by atoms with van der Waals surface area (Å²) in [6.45, 7) is 0.623. The molecule has 0 heterocycles. The van der Waals surface area contributed by atoms with Gasteiger partial charge in [-0.25, -0.2) is 4.39 Å². The molecule has 0 aliphatic rings. The van der Waals surface area contributed by atoms with Crippen molar-refractivity contribution >= 4 is 27.7 Å². The van der Waals surface area contributed by atoms with Crippen molar-refractivity contribution in [3.8, 4) is 0 Å². The van der Waals surface area contributed by atoms with Gasteiger partial charge in [-0.2, -0.15) is 0 Å². The molecule has 0 aliphatic carbocycles. The van der Waals surface area contributed by atoms with Gasteiger partial charge in [0.05, 0.1) is 0 Å². The Morgan fingerprint density at radius 1 is 1.17 bits per heavy atom. The topological polar surface area (TPSA) is 26.0 Å². The average Bonchev–Trinajstić information content (AvgIpc) is 2.36. The summed E-state index contributed by atoms with van der Waals surface area (Å²) in [6, 6.07) is 12.8. The highest BCUT2D eigenvalue weighted by Gasteiger charge is 2.05. The normalized spacial score (nSPS) is 10.6. The Bertz CT molecular complexity index is 545. The molecule has 0 atom stereocenters. The van der Waals surface area contributed by atoms with Crippen molar-refractivity contribution in [1.29, 1.82) is 0 Å². The van der Waals surface area contributed by atoms with Gasteiger partial charge in [0, 0.05) is 14.3 Å². The Kier molecular flexibility index (Phi) is 4.80. The molecule has 0 amide bonds. The molecule has 0 spiro atoms. The van der Waals surface area contributed by atoms with Crippen LogP contribution < -0.4 is 5.73 Å². The van der Waals surface area contributed by atoms with Crippen molar-refractivity contribution in [2.45, 2.75) is 16.2 Å². The van der Waals surface area contributed by atoms with E-state index in [1.807, 2.05) is 24.3 Å². The monoisotopic (exact) mass is 325 g/mol. The predicted octanol–water partition coefficient (Wildman–Crippen LogP) is 4.24. The van der Waals surface area contributed by atoms with E-state index in [4.69, 9.17) is 5.73 Å². The van der Waals surface area contributed by atoms with Crippen LogP contribution in [0.15, 0.2) is 56.7 Å². The van der Waals surface area contributed by atoms with Gasteiger partial charge in [-0.05, 0) is 42.8 Å². The molecule has 1 nitrogen and oxygen atoms in total. The molecule has 0 aliphatic heterocycles. The van der Waals surface area contributed by atoms with Crippen molar-refractivity contribution in [1.82, 2.24) is 0 Å². The van der Waals surface area contributed by atoms with Crippen LogP contribution in [-0.2, 0) is 6.42 Å². The third kappa shape index (κ3) is 3.34. The summed E-state index contributed by atoms with van der Waals surface area (Å²) in [4.78, 5) is 1.64. The minimum absolute atomic E-state index is 0.190.